The van der Waals surface area contributed by atoms with Gasteiger partial charge in [-0.2, -0.15) is 0 Å². The van der Waals surface area contributed by atoms with E-state index in [-0.39, 0.29) is 23.2 Å². The molecule has 1 aromatic heterocycles. The Hall–Kier alpha value is -2.47. The highest BCUT2D eigenvalue weighted by atomic mass is 19.1. The van der Waals surface area contributed by atoms with Crippen molar-refractivity contribution >= 4 is 5.91 Å². The molecular weight excluding hydrogens is 335 g/mol. The lowest BCUT2D eigenvalue weighted by Crippen LogP contribution is -2.42. The summed E-state index contributed by atoms with van der Waals surface area (Å²) in [6.07, 6.45) is 4.02. The Balaban J connectivity index is 1.60. The number of rotatable bonds is 2. The Morgan fingerprint density at radius 1 is 1.12 bits per heavy atom. The van der Waals surface area contributed by atoms with Crippen LogP contribution in [-0.4, -0.2) is 35.1 Å². The van der Waals surface area contributed by atoms with Gasteiger partial charge in [0.15, 0.2) is 0 Å². The minimum absolute atomic E-state index is 0.0355. The average Bonchev–Trinajstić information content (AvgIpc) is 2.68. The second kappa shape index (κ2) is 7.03. The number of carbonyl (C=O) groups is 1. The Labute approximate surface area is 151 Å². The van der Waals surface area contributed by atoms with Gasteiger partial charge in [0.25, 0.3) is 5.56 Å². The minimum atomic E-state index is -0.340. The molecule has 6 heteroatoms. The predicted octanol–water partition coefficient (Wildman–Crippen LogP) is 2.29. The molecule has 0 spiro atoms. The molecule has 1 amide bonds. The van der Waals surface area contributed by atoms with Crippen LogP contribution in [-0.2, 0) is 22.5 Å². The van der Waals surface area contributed by atoms with Crippen molar-refractivity contribution in [1.82, 2.24) is 9.47 Å². The summed E-state index contributed by atoms with van der Waals surface area (Å²) in [4.78, 5) is 27.1. The Bertz CT molecular complexity index is 870. The van der Waals surface area contributed by atoms with Crippen molar-refractivity contribution in [3.05, 3.63) is 63.8 Å². The number of halogens is 1. The fourth-order valence-electron chi connectivity index (χ4n) is 3.72. The zero-order valence-electron chi connectivity index (χ0n) is 14.5. The van der Waals surface area contributed by atoms with Crippen LogP contribution in [0.25, 0.3) is 5.69 Å². The van der Waals surface area contributed by atoms with Crippen LogP contribution in [0.15, 0.2) is 41.3 Å². The second-order valence-electron chi connectivity index (χ2n) is 6.91. The molecule has 0 bridgehead atoms. The fourth-order valence-corrected chi connectivity index (χ4v) is 3.72. The van der Waals surface area contributed by atoms with Gasteiger partial charge in [-0.3, -0.25) is 14.2 Å². The molecule has 0 radical (unpaired) electrons. The number of pyridine rings is 1. The number of hydrogen-bond acceptors (Lipinski definition) is 3. The predicted molar refractivity (Wildman–Crippen MR) is 94.7 cm³/mol. The van der Waals surface area contributed by atoms with Crippen molar-refractivity contribution in [2.24, 2.45) is 5.92 Å². The lowest BCUT2D eigenvalue weighted by molar-refractivity contribution is -0.139. The summed E-state index contributed by atoms with van der Waals surface area (Å²) < 4.78 is 20.0. The van der Waals surface area contributed by atoms with Crippen molar-refractivity contribution in [2.75, 3.05) is 19.8 Å². The Morgan fingerprint density at radius 3 is 2.58 bits per heavy atom. The number of nitrogens with zero attached hydrogens (tertiary/aromatic N) is 2. The number of benzene rings is 1. The number of aromatic nitrogens is 1. The number of fused-ring (bicyclic) bond motifs is 1. The maximum atomic E-state index is 13.2. The van der Waals surface area contributed by atoms with Crippen molar-refractivity contribution in [3.8, 4) is 5.69 Å². The van der Waals surface area contributed by atoms with Gasteiger partial charge in [-0.05, 0) is 54.7 Å². The monoisotopic (exact) mass is 356 g/mol. The third kappa shape index (κ3) is 3.29. The van der Waals surface area contributed by atoms with E-state index in [1.807, 2.05) is 4.90 Å². The first-order chi connectivity index (χ1) is 12.6. The third-order valence-corrected chi connectivity index (χ3v) is 5.23. The van der Waals surface area contributed by atoms with Gasteiger partial charge in [0.05, 0.1) is 0 Å². The summed E-state index contributed by atoms with van der Waals surface area (Å²) in [7, 11) is 0. The molecule has 3 heterocycles. The van der Waals surface area contributed by atoms with Crippen LogP contribution < -0.4 is 5.56 Å². The molecule has 4 rings (SSSR count). The van der Waals surface area contributed by atoms with Gasteiger partial charge in [-0.1, -0.05) is 0 Å². The van der Waals surface area contributed by atoms with E-state index in [1.54, 1.807) is 24.4 Å². The average molecular weight is 356 g/mol. The van der Waals surface area contributed by atoms with Gasteiger partial charge in [0.1, 0.15) is 5.82 Å². The molecule has 2 aromatic rings. The van der Waals surface area contributed by atoms with E-state index in [0.717, 1.165) is 24.0 Å². The largest absolute Gasteiger partial charge is 0.381 e. The highest BCUT2D eigenvalue weighted by molar-refractivity contribution is 5.79. The van der Waals surface area contributed by atoms with Crippen LogP contribution in [0, 0.1) is 11.7 Å². The van der Waals surface area contributed by atoms with Gasteiger partial charge >= 0.3 is 0 Å². The van der Waals surface area contributed by atoms with E-state index in [2.05, 4.69) is 0 Å². The van der Waals surface area contributed by atoms with Gasteiger partial charge in [-0.15, -0.1) is 0 Å². The molecule has 0 saturated carbocycles. The van der Waals surface area contributed by atoms with Crippen molar-refractivity contribution in [3.63, 3.8) is 0 Å². The molecule has 0 atom stereocenters. The quantitative estimate of drug-likeness (QED) is 0.830. The van der Waals surface area contributed by atoms with E-state index >= 15 is 0 Å². The van der Waals surface area contributed by atoms with Crippen molar-refractivity contribution in [2.45, 2.75) is 25.8 Å². The summed E-state index contributed by atoms with van der Waals surface area (Å²) in [5.41, 5.74) is 2.44. The van der Waals surface area contributed by atoms with Crippen LogP contribution in [0.3, 0.4) is 0 Å². The molecule has 1 fully saturated rings. The van der Waals surface area contributed by atoms with E-state index in [9.17, 15) is 14.0 Å². The van der Waals surface area contributed by atoms with Gasteiger partial charge < -0.3 is 9.64 Å². The molecule has 2 aliphatic rings. The first-order valence-electron chi connectivity index (χ1n) is 8.99. The van der Waals surface area contributed by atoms with Gasteiger partial charge in [-0.25, -0.2) is 4.39 Å². The molecule has 2 aliphatic heterocycles. The van der Waals surface area contributed by atoms with Crippen LogP contribution in [0.5, 0.6) is 0 Å². The van der Waals surface area contributed by atoms with Gasteiger partial charge in [0, 0.05) is 50.2 Å². The summed E-state index contributed by atoms with van der Waals surface area (Å²) in [6, 6.07) is 7.47. The highest BCUT2D eigenvalue weighted by Crippen LogP contribution is 2.23. The molecule has 0 aliphatic carbocycles. The molecule has 5 nitrogen and oxygen atoms in total. The van der Waals surface area contributed by atoms with Crippen LogP contribution >= 0.6 is 0 Å². The summed E-state index contributed by atoms with van der Waals surface area (Å²) in [5, 5.41) is 0. The van der Waals surface area contributed by atoms with Crippen LogP contribution in [0.4, 0.5) is 4.39 Å². The molecule has 136 valence electrons. The fraction of sp³-hybridized carbons (Fsp3) is 0.400. The molecule has 0 N–H and O–H groups in total. The number of amides is 1. The van der Waals surface area contributed by atoms with Gasteiger partial charge in [0.2, 0.25) is 5.91 Å². The second-order valence-corrected chi connectivity index (χ2v) is 6.91. The first-order valence-corrected chi connectivity index (χ1v) is 8.99. The molecular formula is C20H21FN2O3. The van der Waals surface area contributed by atoms with Crippen LogP contribution in [0.1, 0.15) is 24.0 Å². The topological polar surface area (TPSA) is 51.5 Å². The van der Waals surface area contributed by atoms with Crippen molar-refractivity contribution < 1.29 is 13.9 Å². The van der Waals surface area contributed by atoms with E-state index in [4.69, 9.17) is 4.74 Å². The standard InChI is InChI=1S/C20H21FN2O3/c21-17-1-3-18(4-2-17)23-13-16-12-22(8-5-15(16)11-19(23)24)20(25)14-6-9-26-10-7-14/h1-4,11,13-14H,5-10,12H2. The maximum Gasteiger partial charge on any atom is 0.255 e. The Kier molecular flexibility index (Phi) is 4.59. The first kappa shape index (κ1) is 17.0. The molecule has 0 unspecified atom stereocenters. The maximum absolute atomic E-state index is 13.2. The third-order valence-electron chi connectivity index (χ3n) is 5.23. The van der Waals surface area contributed by atoms with E-state index in [0.29, 0.717) is 38.4 Å². The Morgan fingerprint density at radius 2 is 1.85 bits per heavy atom. The smallest absolute Gasteiger partial charge is 0.255 e. The number of hydrogen-bond donors (Lipinski definition) is 0. The molecule has 1 aromatic carbocycles. The summed E-state index contributed by atoms with van der Waals surface area (Å²) in [6.45, 7) is 2.44. The number of carbonyl (C=O) groups excluding carboxylic acids is 1. The van der Waals surface area contributed by atoms with Crippen LogP contribution in [0.2, 0.25) is 0 Å². The highest BCUT2D eigenvalue weighted by Gasteiger charge is 2.29. The van der Waals surface area contributed by atoms with E-state index in [1.165, 1.54) is 16.7 Å². The zero-order chi connectivity index (χ0) is 18.1. The lowest BCUT2D eigenvalue weighted by Gasteiger charge is -2.33. The summed E-state index contributed by atoms with van der Waals surface area (Å²) >= 11 is 0. The summed E-state index contributed by atoms with van der Waals surface area (Å²) in [5.74, 6) is -0.125. The van der Waals surface area contributed by atoms with E-state index < -0.39 is 0 Å². The minimum Gasteiger partial charge on any atom is -0.381 e. The normalized spacial score (nSPS) is 17.8. The molecule has 1 saturated heterocycles. The van der Waals surface area contributed by atoms with Crippen molar-refractivity contribution in [1.29, 1.82) is 0 Å². The lowest BCUT2D eigenvalue weighted by atomic mass is 9.95. The number of ether oxygens (including phenoxy) is 1. The SMILES string of the molecule is O=C(C1CCOCC1)N1CCc2cc(=O)n(-c3ccc(F)cc3)cc2C1. The molecule has 26 heavy (non-hydrogen) atoms. The zero-order valence-corrected chi connectivity index (χ0v) is 14.5.